The summed E-state index contributed by atoms with van der Waals surface area (Å²) in [5, 5.41) is 0. The Kier molecular flexibility index (Phi) is 5.65. The Morgan fingerprint density at radius 1 is 1.00 bits per heavy atom. The highest BCUT2D eigenvalue weighted by Crippen LogP contribution is 2.37. The molecule has 4 rings (SSSR count). The fourth-order valence-electron chi connectivity index (χ4n) is 4.08. The Labute approximate surface area is 179 Å². The van der Waals surface area contributed by atoms with Crippen LogP contribution in [-0.2, 0) is 5.41 Å². The SMILES string of the molecule is COc1ccc(C2=NC(C3=CCC(C)(c4ccc(OC(F)(F)F)cc4)C=C3)CC2)cc1. The van der Waals surface area contributed by atoms with Crippen molar-refractivity contribution >= 4 is 5.71 Å². The van der Waals surface area contributed by atoms with E-state index in [9.17, 15) is 13.2 Å². The van der Waals surface area contributed by atoms with E-state index >= 15 is 0 Å². The van der Waals surface area contributed by atoms with E-state index in [0.29, 0.717) is 0 Å². The Bertz CT molecular complexity index is 1020. The maximum Gasteiger partial charge on any atom is 0.573 e. The van der Waals surface area contributed by atoms with Gasteiger partial charge in [0.1, 0.15) is 11.5 Å². The van der Waals surface area contributed by atoms with E-state index in [1.807, 2.05) is 24.3 Å². The van der Waals surface area contributed by atoms with E-state index < -0.39 is 6.36 Å². The number of benzene rings is 2. The molecule has 0 fully saturated rings. The number of ether oxygens (including phenoxy) is 2. The molecule has 2 aliphatic rings. The number of methoxy groups -OCH3 is 1. The number of rotatable bonds is 5. The molecule has 2 atom stereocenters. The van der Waals surface area contributed by atoms with Crippen LogP contribution in [0, 0.1) is 0 Å². The van der Waals surface area contributed by atoms with Crippen LogP contribution in [0.15, 0.2) is 77.3 Å². The topological polar surface area (TPSA) is 30.8 Å². The van der Waals surface area contributed by atoms with E-state index in [4.69, 9.17) is 9.73 Å². The summed E-state index contributed by atoms with van der Waals surface area (Å²) in [5.41, 5.74) is 4.09. The van der Waals surface area contributed by atoms with Crippen LogP contribution in [0.1, 0.15) is 37.3 Å². The number of halogens is 3. The third-order valence-corrected chi connectivity index (χ3v) is 5.93. The average molecular weight is 427 g/mol. The van der Waals surface area contributed by atoms with Gasteiger partial charge in [0.25, 0.3) is 0 Å². The molecule has 0 amide bonds. The van der Waals surface area contributed by atoms with E-state index in [0.717, 1.165) is 41.9 Å². The number of nitrogens with zero attached hydrogens (tertiary/aromatic N) is 1. The lowest BCUT2D eigenvalue weighted by molar-refractivity contribution is -0.274. The van der Waals surface area contributed by atoms with E-state index in [2.05, 4.69) is 29.9 Å². The molecular weight excluding hydrogens is 403 g/mol. The Hall–Kier alpha value is -3.02. The van der Waals surface area contributed by atoms with Crippen LogP contribution < -0.4 is 9.47 Å². The maximum atomic E-state index is 12.4. The van der Waals surface area contributed by atoms with Gasteiger partial charge in [-0.1, -0.05) is 37.3 Å². The number of alkyl halides is 3. The van der Waals surface area contributed by atoms with Crippen molar-refractivity contribution in [3.63, 3.8) is 0 Å². The monoisotopic (exact) mass is 427 g/mol. The molecule has 1 aliphatic carbocycles. The van der Waals surface area contributed by atoms with Crippen LogP contribution in [0.25, 0.3) is 0 Å². The van der Waals surface area contributed by atoms with Gasteiger partial charge < -0.3 is 9.47 Å². The first-order valence-electron chi connectivity index (χ1n) is 10.2. The molecule has 0 spiro atoms. The molecule has 1 heterocycles. The molecule has 3 nitrogen and oxygen atoms in total. The number of hydrogen-bond acceptors (Lipinski definition) is 3. The van der Waals surface area contributed by atoms with Gasteiger partial charge >= 0.3 is 6.36 Å². The highest BCUT2D eigenvalue weighted by atomic mass is 19.4. The lowest BCUT2D eigenvalue weighted by Crippen LogP contribution is -2.22. The molecule has 0 radical (unpaired) electrons. The van der Waals surface area contributed by atoms with Crippen LogP contribution in [0.2, 0.25) is 0 Å². The third kappa shape index (κ3) is 4.84. The fraction of sp³-hybridized carbons (Fsp3) is 0.320. The lowest BCUT2D eigenvalue weighted by atomic mass is 9.75. The van der Waals surface area contributed by atoms with Crippen LogP contribution >= 0.6 is 0 Å². The molecule has 162 valence electrons. The number of hydrogen-bond donors (Lipinski definition) is 0. The van der Waals surface area contributed by atoms with Crippen LogP contribution in [0.4, 0.5) is 13.2 Å². The van der Waals surface area contributed by atoms with Crippen molar-refractivity contribution < 1.29 is 22.6 Å². The van der Waals surface area contributed by atoms with Gasteiger partial charge in [0.15, 0.2) is 0 Å². The van der Waals surface area contributed by atoms with Crippen molar-refractivity contribution in [2.75, 3.05) is 7.11 Å². The minimum absolute atomic E-state index is 0.139. The summed E-state index contributed by atoms with van der Waals surface area (Å²) in [5.74, 6) is 0.622. The summed E-state index contributed by atoms with van der Waals surface area (Å²) in [6.45, 7) is 2.08. The molecule has 1 aliphatic heterocycles. The largest absolute Gasteiger partial charge is 0.573 e. The molecule has 2 unspecified atom stereocenters. The van der Waals surface area contributed by atoms with Crippen molar-refractivity contribution in [3.8, 4) is 11.5 Å². The van der Waals surface area contributed by atoms with Gasteiger partial charge in [-0.25, -0.2) is 0 Å². The number of aliphatic imine (C=N–C) groups is 1. The summed E-state index contributed by atoms with van der Waals surface area (Å²) in [6, 6.07) is 14.2. The van der Waals surface area contributed by atoms with Gasteiger partial charge in [0.2, 0.25) is 0 Å². The quantitative estimate of drug-likeness (QED) is 0.554. The highest BCUT2D eigenvalue weighted by molar-refractivity contribution is 6.02. The Balaban J connectivity index is 1.44. The average Bonchev–Trinajstić information content (AvgIpc) is 3.24. The fourth-order valence-corrected chi connectivity index (χ4v) is 4.08. The zero-order chi connectivity index (χ0) is 22.1. The van der Waals surface area contributed by atoms with Gasteiger partial charge in [-0.05, 0) is 72.4 Å². The molecule has 0 saturated heterocycles. The van der Waals surface area contributed by atoms with Gasteiger partial charge in [-0.3, -0.25) is 4.99 Å². The second-order valence-corrected chi connectivity index (χ2v) is 8.09. The molecule has 0 saturated carbocycles. The van der Waals surface area contributed by atoms with Gasteiger partial charge in [0.05, 0.1) is 13.2 Å². The van der Waals surface area contributed by atoms with Crippen LogP contribution in [0.5, 0.6) is 11.5 Å². The summed E-state index contributed by atoms with van der Waals surface area (Å²) in [4.78, 5) is 4.94. The van der Waals surface area contributed by atoms with Gasteiger partial charge in [-0.2, -0.15) is 0 Å². The Morgan fingerprint density at radius 3 is 2.26 bits per heavy atom. The first-order chi connectivity index (χ1) is 14.8. The van der Waals surface area contributed by atoms with E-state index in [-0.39, 0.29) is 17.2 Å². The minimum atomic E-state index is -4.68. The van der Waals surface area contributed by atoms with Crippen molar-refractivity contribution in [3.05, 3.63) is 83.5 Å². The minimum Gasteiger partial charge on any atom is -0.497 e. The second-order valence-electron chi connectivity index (χ2n) is 8.09. The molecule has 2 aromatic carbocycles. The molecular formula is C25H24F3NO2. The van der Waals surface area contributed by atoms with Crippen molar-refractivity contribution in [1.82, 2.24) is 0 Å². The normalized spacial score (nSPS) is 23.3. The van der Waals surface area contributed by atoms with Crippen molar-refractivity contribution in [2.45, 2.75) is 44.0 Å². The molecule has 0 N–H and O–H groups in total. The van der Waals surface area contributed by atoms with E-state index in [1.165, 1.54) is 17.7 Å². The maximum absolute atomic E-state index is 12.4. The van der Waals surface area contributed by atoms with Gasteiger partial charge in [-0.15, -0.1) is 13.2 Å². The van der Waals surface area contributed by atoms with E-state index in [1.54, 1.807) is 19.2 Å². The molecule has 2 aromatic rings. The predicted octanol–water partition coefficient (Wildman–Crippen LogP) is 6.39. The standard InChI is InChI=1S/C25H24F3NO2/c1-24(19-5-9-21(10-6-19)31-25(26,27)28)15-13-18(14-16-24)23-12-11-22(29-23)17-3-7-20(30-2)8-4-17/h3-10,13-15,23H,11-12,16H2,1-2H3. The zero-order valence-electron chi connectivity index (χ0n) is 17.4. The summed E-state index contributed by atoms with van der Waals surface area (Å²) < 4.78 is 46.3. The molecule has 0 bridgehead atoms. The zero-order valence-corrected chi connectivity index (χ0v) is 17.4. The first kappa shape index (κ1) is 21.2. The van der Waals surface area contributed by atoms with Crippen LogP contribution in [-0.4, -0.2) is 25.2 Å². The first-order valence-corrected chi connectivity index (χ1v) is 10.2. The van der Waals surface area contributed by atoms with Crippen LogP contribution in [0.3, 0.4) is 0 Å². The number of allylic oxidation sites excluding steroid dienone is 2. The second kappa shape index (κ2) is 8.25. The Morgan fingerprint density at radius 2 is 1.68 bits per heavy atom. The summed E-state index contributed by atoms with van der Waals surface area (Å²) >= 11 is 0. The molecule has 0 aromatic heterocycles. The highest BCUT2D eigenvalue weighted by Gasteiger charge is 2.32. The summed E-state index contributed by atoms with van der Waals surface area (Å²) in [7, 11) is 1.65. The summed E-state index contributed by atoms with van der Waals surface area (Å²) in [6.07, 6.45) is 4.42. The van der Waals surface area contributed by atoms with Gasteiger partial charge in [0, 0.05) is 11.1 Å². The lowest BCUT2D eigenvalue weighted by Gasteiger charge is -2.29. The molecule has 31 heavy (non-hydrogen) atoms. The molecule has 6 heteroatoms. The smallest absolute Gasteiger partial charge is 0.497 e. The third-order valence-electron chi connectivity index (χ3n) is 5.93. The van der Waals surface area contributed by atoms with Crippen molar-refractivity contribution in [1.29, 1.82) is 0 Å². The van der Waals surface area contributed by atoms with Crippen molar-refractivity contribution in [2.24, 2.45) is 4.99 Å². The predicted molar refractivity (Wildman–Crippen MR) is 115 cm³/mol.